The highest BCUT2D eigenvalue weighted by Crippen LogP contribution is 2.54. The number of likely N-dealkylation sites (tertiary alicyclic amines) is 2. The third-order valence-corrected chi connectivity index (χ3v) is 6.64. The van der Waals surface area contributed by atoms with E-state index in [1.807, 2.05) is 38.8 Å². The molecule has 1 aromatic rings. The van der Waals surface area contributed by atoms with Gasteiger partial charge in [0.2, 0.25) is 5.91 Å². The number of ether oxygens (including phenoxy) is 1. The summed E-state index contributed by atoms with van der Waals surface area (Å²) in [6, 6.07) is 0.385. The number of carbonyl (C=O) groups excluding carboxylic acids is 2. The van der Waals surface area contributed by atoms with Crippen molar-refractivity contribution in [2.75, 3.05) is 6.54 Å². The summed E-state index contributed by atoms with van der Waals surface area (Å²) in [6.45, 7) is 10.8. The molecule has 1 aromatic heterocycles. The summed E-state index contributed by atoms with van der Waals surface area (Å²) in [5, 5.41) is 4.28. The molecule has 2 aliphatic heterocycles. The van der Waals surface area contributed by atoms with E-state index in [0.29, 0.717) is 6.54 Å². The van der Waals surface area contributed by atoms with Crippen molar-refractivity contribution < 1.29 is 14.3 Å². The molecule has 2 saturated heterocycles. The van der Waals surface area contributed by atoms with Crippen LogP contribution in [0.5, 0.6) is 0 Å². The summed E-state index contributed by atoms with van der Waals surface area (Å²) in [4.78, 5) is 30.2. The molecule has 7 nitrogen and oxygen atoms in total. The van der Waals surface area contributed by atoms with Gasteiger partial charge in [0.05, 0.1) is 12.2 Å². The zero-order valence-electron chi connectivity index (χ0n) is 17.6. The average molecular weight is 389 g/mol. The summed E-state index contributed by atoms with van der Waals surface area (Å²) in [7, 11) is 0. The number of aromatic nitrogens is 2. The number of hydrogen-bond donors (Lipinski definition) is 0. The van der Waals surface area contributed by atoms with Crippen LogP contribution in [0.25, 0.3) is 0 Å². The van der Waals surface area contributed by atoms with E-state index in [1.54, 1.807) is 10.9 Å². The number of amides is 2. The number of rotatable bonds is 2. The Hall–Kier alpha value is -2.05. The van der Waals surface area contributed by atoms with Crippen molar-refractivity contribution in [3.63, 3.8) is 0 Å². The molecule has 0 radical (unpaired) electrons. The lowest BCUT2D eigenvalue weighted by atomic mass is 9.66. The Kier molecular flexibility index (Phi) is 4.47. The Morgan fingerprint density at radius 3 is 2.64 bits per heavy atom. The molecule has 0 unspecified atom stereocenters. The Labute approximate surface area is 167 Å². The molecule has 1 aliphatic carbocycles. The second-order valence-corrected chi connectivity index (χ2v) is 9.98. The van der Waals surface area contributed by atoms with Gasteiger partial charge in [0, 0.05) is 30.2 Å². The van der Waals surface area contributed by atoms with Gasteiger partial charge in [-0.15, -0.1) is 0 Å². The first-order valence-electron chi connectivity index (χ1n) is 10.4. The topological polar surface area (TPSA) is 67.7 Å². The predicted octanol–water partition coefficient (Wildman–Crippen LogP) is 2.97. The molecule has 2 amide bonds. The van der Waals surface area contributed by atoms with E-state index >= 15 is 0 Å². The highest BCUT2D eigenvalue weighted by atomic mass is 16.6. The molecule has 28 heavy (non-hydrogen) atoms. The molecule has 3 heterocycles. The second kappa shape index (κ2) is 6.49. The van der Waals surface area contributed by atoms with E-state index in [4.69, 9.17) is 4.74 Å². The number of carbonyl (C=O) groups is 2. The molecule has 4 atom stereocenters. The SMILES string of the molecule is Cc1cnn(CC(=O)N2[C@@H]3CN(C(=O)OC(C)(C)C)[C@@H]4CCC[C@H]2[C@]4(C)C3)c1. The van der Waals surface area contributed by atoms with Crippen molar-refractivity contribution in [3.05, 3.63) is 18.0 Å². The maximum Gasteiger partial charge on any atom is 0.410 e. The van der Waals surface area contributed by atoms with Gasteiger partial charge in [-0.3, -0.25) is 9.48 Å². The lowest BCUT2D eigenvalue weighted by molar-refractivity contribution is -0.135. The number of hydrogen-bond acceptors (Lipinski definition) is 4. The molecule has 7 heteroatoms. The smallest absolute Gasteiger partial charge is 0.410 e. The van der Waals surface area contributed by atoms with Gasteiger partial charge in [-0.1, -0.05) is 6.92 Å². The number of aryl methyl sites for hydroxylation is 1. The van der Waals surface area contributed by atoms with Gasteiger partial charge in [-0.2, -0.15) is 5.10 Å². The van der Waals surface area contributed by atoms with Crippen molar-refractivity contribution in [1.82, 2.24) is 19.6 Å². The summed E-state index contributed by atoms with van der Waals surface area (Å²) < 4.78 is 7.42. The molecular formula is C21H32N4O3. The first kappa shape index (κ1) is 19.3. The number of piperidine rings is 1. The molecule has 0 spiro atoms. The Morgan fingerprint density at radius 2 is 2.00 bits per heavy atom. The van der Waals surface area contributed by atoms with Crippen LogP contribution in [0.3, 0.4) is 0 Å². The van der Waals surface area contributed by atoms with E-state index in [2.05, 4.69) is 16.9 Å². The van der Waals surface area contributed by atoms with Gasteiger partial charge in [-0.25, -0.2) is 4.79 Å². The summed E-state index contributed by atoms with van der Waals surface area (Å²) in [5.74, 6) is 0.105. The van der Waals surface area contributed by atoms with E-state index in [-0.39, 0.29) is 42.1 Å². The van der Waals surface area contributed by atoms with Crippen LogP contribution in [0, 0.1) is 12.3 Å². The quantitative estimate of drug-likeness (QED) is 0.781. The minimum atomic E-state index is -0.518. The van der Waals surface area contributed by atoms with Crippen molar-refractivity contribution >= 4 is 12.0 Å². The van der Waals surface area contributed by atoms with E-state index in [9.17, 15) is 9.59 Å². The summed E-state index contributed by atoms with van der Waals surface area (Å²) in [5.41, 5.74) is 0.470. The molecule has 4 rings (SSSR count). The Balaban J connectivity index is 1.59. The van der Waals surface area contributed by atoms with Gasteiger partial charge < -0.3 is 14.5 Å². The van der Waals surface area contributed by atoms with Crippen LogP contribution in [0.15, 0.2) is 12.4 Å². The minimum absolute atomic E-state index is 0.0565. The zero-order valence-corrected chi connectivity index (χ0v) is 17.6. The fourth-order valence-corrected chi connectivity index (χ4v) is 5.67. The van der Waals surface area contributed by atoms with Crippen LogP contribution in [0.4, 0.5) is 4.79 Å². The monoisotopic (exact) mass is 388 g/mol. The number of fused-ring (bicyclic) bond motifs is 1. The van der Waals surface area contributed by atoms with Crippen LogP contribution in [-0.2, 0) is 16.1 Å². The van der Waals surface area contributed by atoms with Crippen LogP contribution < -0.4 is 0 Å². The normalized spacial score (nSPS) is 31.8. The van der Waals surface area contributed by atoms with Crippen LogP contribution in [-0.4, -0.2) is 61.9 Å². The molecule has 154 valence electrons. The third-order valence-electron chi connectivity index (χ3n) is 6.64. The molecule has 3 aliphatic rings. The van der Waals surface area contributed by atoms with Crippen LogP contribution in [0.1, 0.15) is 58.9 Å². The lowest BCUT2D eigenvalue weighted by Crippen LogP contribution is -2.58. The van der Waals surface area contributed by atoms with E-state index < -0.39 is 5.60 Å². The fourth-order valence-electron chi connectivity index (χ4n) is 5.67. The van der Waals surface area contributed by atoms with Gasteiger partial charge in [-0.05, 0) is 58.9 Å². The van der Waals surface area contributed by atoms with E-state index in [0.717, 1.165) is 31.2 Å². The Bertz CT molecular complexity index is 783. The van der Waals surface area contributed by atoms with Crippen molar-refractivity contribution in [1.29, 1.82) is 0 Å². The highest BCUT2D eigenvalue weighted by molar-refractivity contribution is 5.78. The first-order valence-corrected chi connectivity index (χ1v) is 10.4. The van der Waals surface area contributed by atoms with Gasteiger partial charge in [0.25, 0.3) is 0 Å². The molecule has 3 fully saturated rings. The van der Waals surface area contributed by atoms with Crippen molar-refractivity contribution in [3.8, 4) is 0 Å². The molecule has 1 saturated carbocycles. The largest absolute Gasteiger partial charge is 0.444 e. The van der Waals surface area contributed by atoms with Crippen LogP contribution in [0.2, 0.25) is 0 Å². The second-order valence-electron chi connectivity index (χ2n) is 9.98. The summed E-state index contributed by atoms with van der Waals surface area (Å²) >= 11 is 0. The highest BCUT2D eigenvalue weighted by Gasteiger charge is 2.61. The minimum Gasteiger partial charge on any atom is -0.444 e. The van der Waals surface area contributed by atoms with Gasteiger partial charge >= 0.3 is 6.09 Å². The molecule has 0 aromatic carbocycles. The lowest BCUT2D eigenvalue weighted by Gasteiger charge is -2.49. The van der Waals surface area contributed by atoms with Crippen molar-refractivity contribution in [2.24, 2.45) is 5.41 Å². The maximum atomic E-state index is 13.2. The predicted molar refractivity (Wildman–Crippen MR) is 105 cm³/mol. The first-order chi connectivity index (χ1) is 13.1. The van der Waals surface area contributed by atoms with Crippen LogP contribution >= 0.6 is 0 Å². The zero-order chi connectivity index (χ0) is 20.3. The molecule has 2 bridgehead atoms. The Morgan fingerprint density at radius 1 is 1.29 bits per heavy atom. The van der Waals surface area contributed by atoms with Gasteiger partial charge in [0.15, 0.2) is 0 Å². The number of nitrogens with zero attached hydrogens (tertiary/aromatic N) is 4. The summed E-state index contributed by atoms with van der Waals surface area (Å²) in [6.07, 6.45) is 7.42. The molecule has 0 N–H and O–H groups in total. The van der Waals surface area contributed by atoms with Gasteiger partial charge in [0.1, 0.15) is 12.1 Å². The third kappa shape index (κ3) is 3.18. The fraction of sp³-hybridized carbons (Fsp3) is 0.762. The average Bonchev–Trinajstić information content (AvgIpc) is 3.10. The van der Waals surface area contributed by atoms with Crippen molar-refractivity contribution in [2.45, 2.75) is 90.6 Å². The van der Waals surface area contributed by atoms with E-state index in [1.165, 1.54) is 0 Å². The standard InChI is InChI=1S/C21H32N4O3/c1-14-10-22-23(11-14)13-18(26)25-15-9-21(5)16(7-6-8-17(21)25)24(12-15)19(27)28-20(2,3)4/h10-11,15-17H,6-9,12-13H2,1-5H3/t15-,16+,17-,21+/m0/s1. The maximum absolute atomic E-state index is 13.2. The molecular weight excluding hydrogens is 356 g/mol.